The topological polar surface area (TPSA) is 56.7 Å². The zero-order chi connectivity index (χ0) is 41.7. The third-order valence-corrected chi connectivity index (χ3v) is 17.2. The van der Waals surface area contributed by atoms with Crippen LogP contribution in [-0.2, 0) is 0 Å². The molecule has 0 spiro atoms. The number of furan rings is 1. The Morgan fingerprint density at radius 1 is 0.349 bits per heavy atom. The highest BCUT2D eigenvalue weighted by Gasteiger charge is 2.41. The molecular formula is C57H38N4OSi. The standard InChI is InChI=1S/C57H38N4OSi/c1-5-19-39(20-6-1)55-58-56(41-21-17-28-45(37-41)63(42-22-7-2-8-23-42,43-24-9-3-10-25-43)44-26-11-4-12-27-44)60-57(59-55)61-50-32-15-13-30-49(50)54-46(31-18-33-51(54)61)40-35-36-48-47-29-14-16-34-52(47)62-53(48)38-40/h1-38H. The quantitative estimate of drug-likeness (QED) is 0.113. The monoisotopic (exact) mass is 822 g/mol. The van der Waals surface area contributed by atoms with Crippen LogP contribution in [0.1, 0.15) is 0 Å². The molecule has 12 rings (SSSR count). The second-order valence-electron chi connectivity index (χ2n) is 15.9. The maximum absolute atomic E-state index is 6.37. The number of benzene rings is 9. The van der Waals surface area contributed by atoms with Crippen LogP contribution in [0.5, 0.6) is 0 Å². The zero-order valence-corrected chi connectivity index (χ0v) is 35.1. The molecule has 0 aliphatic rings. The Labute approximate surface area is 365 Å². The van der Waals surface area contributed by atoms with E-state index in [1.54, 1.807) is 0 Å². The van der Waals surface area contributed by atoms with Crippen molar-refractivity contribution < 1.29 is 4.42 Å². The van der Waals surface area contributed by atoms with Crippen LogP contribution >= 0.6 is 0 Å². The van der Waals surface area contributed by atoms with Gasteiger partial charge in [0.2, 0.25) is 5.95 Å². The lowest BCUT2D eigenvalue weighted by Crippen LogP contribution is -2.74. The Morgan fingerprint density at radius 3 is 1.57 bits per heavy atom. The molecule has 0 saturated carbocycles. The van der Waals surface area contributed by atoms with Crippen molar-refractivity contribution >= 4 is 72.6 Å². The summed E-state index contributed by atoms with van der Waals surface area (Å²) >= 11 is 0. The molecule has 0 aliphatic carbocycles. The molecule has 0 bridgehead atoms. The summed E-state index contributed by atoms with van der Waals surface area (Å²) in [5.41, 5.74) is 7.80. The Balaban J connectivity index is 1.09. The highest BCUT2D eigenvalue weighted by atomic mass is 28.3. The average molecular weight is 823 g/mol. The molecule has 5 nitrogen and oxygen atoms in total. The second kappa shape index (κ2) is 15.1. The predicted molar refractivity (Wildman–Crippen MR) is 261 cm³/mol. The van der Waals surface area contributed by atoms with Crippen LogP contribution in [0, 0.1) is 0 Å². The van der Waals surface area contributed by atoms with Gasteiger partial charge in [-0.15, -0.1) is 0 Å². The summed E-state index contributed by atoms with van der Waals surface area (Å²) in [6, 6.07) is 81.9. The molecule has 0 N–H and O–H groups in total. The summed E-state index contributed by atoms with van der Waals surface area (Å²) in [7, 11) is -2.83. The van der Waals surface area contributed by atoms with E-state index in [9.17, 15) is 0 Å². The van der Waals surface area contributed by atoms with Gasteiger partial charge in [-0.25, -0.2) is 4.98 Å². The number of hydrogen-bond donors (Lipinski definition) is 0. The van der Waals surface area contributed by atoms with E-state index in [-0.39, 0.29) is 0 Å². The van der Waals surface area contributed by atoms with E-state index in [0.717, 1.165) is 66.0 Å². The fraction of sp³-hybridized carbons (Fsp3) is 0. The lowest BCUT2D eigenvalue weighted by atomic mass is 9.98. The molecule has 0 amide bonds. The molecule has 12 aromatic rings. The number of rotatable bonds is 8. The van der Waals surface area contributed by atoms with Gasteiger partial charge in [0.05, 0.1) is 11.0 Å². The molecule has 0 saturated heterocycles. The van der Waals surface area contributed by atoms with E-state index in [1.165, 1.54) is 20.7 Å². The molecule has 0 unspecified atom stereocenters. The number of hydrogen-bond acceptors (Lipinski definition) is 4. The van der Waals surface area contributed by atoms with Gasteiger partial charge in [-0.1, -0.05) is 200 Å². The minimum absolute atomic E-state index is 0.554. The zero-order valence-electron chi connectivity index (χ0n) is 34.1. The number of nitrogens with zero attached hydrogens (tertiary/aromatic N) is 4. The van der Waals surface area contributed by atoms with Crippen LogP contribution < -0.4 is 20.7 Å². The number of aromatic nitrogens is 4. The van der Waals surface area contributed by atoms with E-state index >= 15 is 0 Å². The normalized spacial score (nSPS) is 11.8. The van der Waals surface area contributed by atoms with E-state index in [4.69, 9.17) is 19.4 Å². The SMILES string of the molecule is c1ccc(-c2nc(-c3cccc([Si](c4ccccc4)(c4ccccc4)c4ccccc4)c3)nc(-n3c4ccccc4c4c(-c5ccc6c(c5)oc5ccccc56)cccc43)n2)cc1. The van der Waals surface area contributed by atoms with Crippen LogP contribution in [0.4, 0.5) is 0 Å². The first-order chi connectivity index (χ1) is 31.2. The molecule has 3 aromatic heterocycles. The van der Waals surface area contributed by atoms with Gasteiger partial charge < -0.3 is 4.42 Å². The van der Waals surface area contributed by atoms with Crippen molar-refractivity contribution in [1.29, 1.82) is 0 Å². The van der Waals surface area contributed by atoms with E-state index in [2.05, 4.69) is 205 Å². The van der Waals surface area contributed by atoms with Gasteiger partial charge in [0.15, 0.2) is 19.7 Å². The lowest BCUT2D eigenvalue weighted by molar-refractivity contribution is 0.669. The molecule has 9 aromatic carbocycles. The summed E-state index contributed by atoms with van der Waals surface area (Å²) in [5, 5.41) is 9.63. The van der Waals surface area contributed by atoms with Gasteiger partial charge in [-0.2, -0.15) is 9.97 Å². The molecule has 0 atom stereocenters. The van der Waals surface area contributed by atoms with E-state index in [0.29, 0.717) is 17.6 Å². The maximum atomic E-state index is 6.37. The number of fused-ring (bicyclic) bond motifs is 6. The van der Waals surface area contributed by atoms with Gasteiger partial charge in [-0.05, 0) is 62.2 Å². The molecule has 0 aliphatic heterocycles. The summed E-state index contributed by atoms with van der Waals surface area (Å²) in [6.45, 7) is 0. The van der Waals surface area contributed by atoms with Gasteiger partial charge in [0, 0.05) is 32.7 Å². The van der Waals surface area contributed by atoms with Crippen molar-refractivity contribution in [2.45, 2.75) is 0 Å². The maximum Gasteiger partial charge on any atom is 0.238 e. The van der Waals surface area contributed by atoms with Crippen LogP contribution in [0.2, 0.25) is 0 Å². The van der Waals surface area contributed by atoms with E-state index < -0.39 is 8.07 Å². The fourth-order valence-corrected chi connectivity index (χ4v) is 14.4. The molecule has 296 valence electrons. The summed E-state index contributed by atoms with van der Waals surface area (Å²) in [5.74, 6) is 1.77. The van der Waals surface area contributed by atoms with Gasteiger partial charge in [-0.3, -0.25) is 4.57 Å². The summed E-state index contributed by atoms with van der Waals surface area (Å²) in [4.78, 5) is 16.0. The van der Waals surface area contributed by atoms with Crippen molar-refractivity contribution in [2.24, 2.45) is 0 Å². The molecule has 0 radical (unpaired) electrons. The van der Waals surface area contributed by atoms with Crippen molar-refractivity contribution in [3.63, 3.8) is 0 Å². The average Bonchev–Trinajstić information content (AvgIpc) is 3.91. The number of para-hydroxylation sites is 2. The minimum atomic E-state index is -2.83. The lowest BCUT2D eigenvalue weighted by Gasteiger charge is -2.34. The van der Waals surface area contributed by atoms with Crippen molar-refractivity contribution in [1.82, 2.24) is 19.5 Å². The Morgan fingerprint density at radius 2 is 0.873 bits per heavy atom. The molecule has 3 heterocycles. The van der Waals surface area contributed by atoms with Gasteiger partial charge in [0.1, 0.15) is 11.2 Å². The highest BCUT2D eigenvalue weighted by molar-refractivity contribution is 7.19. The first-order valence-electron chi connectivity index (χ1n) is 21.3. The van der Waals surface area contributed by atoms with E-state index in [1.807, 2.05) is 30.3 Å². The molecule has 63 heavy (non-hydrogen) atoms. The first-order valence-corrected chi connectivity index (χ1v) is 23.3. The molecule has 0 fully saturated rings. The van der Waals surface area contributed by atoms with Crippen LogP contribution in [0.25, 0.3) is 83.6 Å². The Hall–Kier alpha value is -8.19. The first kappa shape index (κ1) is 36.6. The minimum Gasteiger partial charge on any atom is -0.456 e. The Bertz CT molecular complexity index is 3530. The van der Waals surface area contributed by atoms with Crippen LogP contribution in [0.3, 0.4) is 0 Å². The van der Waals surface area contributed by atoms with Crippen LogP contribution in [0.15, 0.2) is 235 Å². The van der Waals surface area contributed by atoms with Crippen molar-refractivity contribution in [3.8, 4) is 39.9 Å². The van der Waals surface area contributed by atoms with Crippen molar-refractivity contribution in [2.75, 3.05) is 0 Å². The molecular weight excluding hydrogens is 785 g/mol. The predicted octanol–water partition coefficient (Wildman–Crippen LogP) is 11.2. The highest BCUT2D eigenvalue weighted by Crippen LogP contribution is 2.40. The smallest absolute Gasteiger partial charge is 0.238 e. The molecule has 6 heteroatoms. The van der Waals surface area contributed by atoms with Gasteiger partial charge >= 0.3 is 0 Å². The van der Waals surface area contributed by atoms with Gasteiger partial charge in [0.25, 0.3) is 0 Å². The largest absolute Gasteiger partial charge is 0.456 e. The third kappa shape index (κ3) is 6.03. The van der Waals surface area contributed by atoms with Crippen LogP contribution in [-0.4, -0.2) is 27.6 Å². The fourth-order valence-electron chi connectivity index (χ4n) is 9.63. The Kier molecular flexibility index (Phi) is 8.76. The second-order valence-corrected chi connectivity index (χ2v) is 19.7. The summed E-state index contributed by atoms with van der Waals surface area (Å²) < 4.78 is 8.57. The summed E-state index contributed by atoms with van der Waals surface area (Å²) in [6.07, 6.45) is 0. The van der Waals surface area contributed by atoms with Crippen molar-refractivity contribution in [3.05, 3.63) is 231 Å². The third-order valence-electron chi connectivity index (χ3n) is 12.4.